The molecule has 0 aromatic carbocycles. The van der Waals surface area contributed by atoms with Gasteiger partial charge in [0.1, 0.15) is 5.56 Å². The smallest absolute Gasteiger partial charge is 0.134 e. The van der Waals surface area contributed by atoms with E-state index in [1.807, 2.05) is 34.6 Å². The summed E-state index contributed by atoms with van der Waals surface area (Å²) in [5.74, 6) is 0.376. The normalized spacial score (nSPS) is 15.9. The van der Waals surface area contributed by atoms with E-state index in [0.29, 0.717) is 5.92 Å². The van der Waals surface area contributed by atoms with Crippen LogP contribution in [0, 0.1) is 5.92 Å². The summed E-state index contributed by atoms with van der Waals surface area (Å²) in [6.07, 6.45) is 0. The average Bonchev–Trinajstić information content (AvgIpc) is 1.60. The van der Waals surface area contributed by atoms with Crippen LogP contribution in [0.15, 0.2) is 0 Å². The summed E-state index contributed by atoms with van der Waals surface area (Å²) in [4.78, 5) is 0. The summed E-state index contributed by atoms with van der Waals surface area (Å²) in [5.41, 5.74) is -0.295. The van der Waals surface area contributed by atoms with Crippen molar-refractivity contribution in [1.29, 1.82) is 0 Å². The predicted molar refractivity (Wildman–Crippen MR) is 45.3 cm³/mol. The van der Waals surface area contributed by atoms with Gasteiger partial charge in [-0.2, -0.15) is 0 Å². The zero-order valence-corrected chi connectivity index (χ0v) is 8.20. The van der Waals surface area contributed by atoms with Gasteiger partial charge in [0.2, 0.25) is 0 Å². The van der Waals surface area contributed by atoms with Crippen LogP contribution in [-0.2, 0) is 4.74 Å². The minimum atomic E-state index is -0.167. The van der Waals surface area contributed by atoms with Crippen molar-refractivity contribution < 1.29 is 4.74 Å². The monoisotopic (exact) mass is 164 g/mol. The first-order valence-corrected chi connectivity index (χ1v) is 4.08. The lowest BCUT2D eigenvalue weighted by atomic mass is 10.2. The van der Waals surface area contributed by atoms with Crippen LogP contribution in [0.3, 0.4) is 0 Å². The molecule has 0 spiro atoms. The van der Waals surface area contributed by atoms with Crippen molar-refractivity contribution in [3.05, 3.63) is 0 Å². The van der Waals surface area contributed by atoms with Crippen molar-refractivity contribution in [2.24, 2.45) is 5.92 Å². The van der Waals surface area contributed by atoms with Gasteiger partial charge in [0.15, 0.2) is 0 Å². The van der Waals surface area contributed by atoms with E-state index >= 15 is 0 Å². The first-order chi connectivity index (χ1) is 4.33. The van der Waals surface area contributed by atoms with E-state index in [1.165, 1.54) is 0 Å². The minimum Gasteiger partial charge on any atom is -0.357 e. The molecule has 0 heterocycles. The molecule has 62 valence electrons. The highest BCUT2D eigenvalue weighted by Crippen LogP contribution is 2.18. The van der Waals surface area contributed by atoms with Gasteiger partial charge in [-0.05, 0) is 26.7 Å². The molecule has 0 aromatic rings. The largest absolute Gasteiger partial charge is 0.357 e. The van der Waals surface area contributed by atoms with E-state index in [9.17, 15) is 0 Å². The number of alkyl halides is 1. The number of hydrogen-bond acceptors (Lipinski definition) is 1. The van der Waals surface area contributed by atoms with E-state index in [2.05, 4.69) is 0 Å². The van der Waals surface area contributed by atoms with Crippen molar-refractivity contribution in [3.63, 3.8) is 0 Å². The van der Waals surface area contributed by atoms with Crippen LogP contribution in [0.4, 0.5) is 0 Å². The molecule has 0 aromatic heterocycles. The maximum atomic E-state index is 5.88. The molecule has 0 rings (SSSR count). The molecule has 1 nitrogen and oxygen atoms in total. The van der Waals surface area contributed by atoms with Crippen LogP contribution in [0.1, 0.15) is 34.6 Å². The topological polar surface area (TPSA) is 9.23 Å². The fourth-order valence-electron chi connectivity index (χ4n) is 0.474. The lowest BCUT2D eigenvalue weighted by Crippen LogP contribution is -2.27. The summed E-state index contributed by atoms with van der Waals surface area (Å²) >= 11 is 5.88. The van der Waals surface area contributed by atoms with Crippen LogP contribution >= 0.6 is 11.6 Å². The second kappa shape index (κ2) is 3.59. The third-order valence-corrected chi connectivity index (χ3v) is 1.58. The number of halogens is 1. The highest BCUT2D eigenvalue weighted by molar-refractivity contribution is 6.19. The quantitative estimate of drug-likeness (QED) is 0.571. The van der Waals surface area contributed by atoms with E-state index in [1.54, 1.807) is 0 Å². The van der Waals surface area contributed by atoms with Crippen molar-refractivity contribution in [2.75, 3.05) is 0 Å². The van der Waals surface area contributed by atoms with Gasteiger partial charge in [-0.25, -0.2) is 0 Å². The lowest BCUT2D eigenvalue weighted by Gasteiger charge is -2.25. The van der Waals surface area contributed by atoms with Gasteiger partial charge in [-0.15, -0.1) is 0 Å². The second-order valence-electron chi connectivity index (χ2n) is 3.83. The minimum absolute atomic E-state index is 0.128. The molecule has 0 aliphatic heterocycles. The Labute approximate surface area is 68.7 Å². The third kappa shape index (κ3) is 5.07. The molecule has 10 heavy (non-hydrogen) atoms. The van der Waals surface area contributed by atoms with Crippen molar-refractivity contribution in [2.45, 2.75) is 45.8 Å². The Hall–Kier alpha value is 0.250. The highest BCUT2D eigenvalue weighted by atomic mass is 35.5. The zero-order valence-electron chi connectivity index (χ0n) is 7.44. The summed E-state index contributed by atoms with van der Waals surface area (Å²) in [6.45, 7) is 10.1. The number of hydrogen-bond donors (Lipinski definition) is 0. The molecule has 0 aliphatic rings. The van der Waals surface area contributed by atoms with Crippen LogP contribution < -0.4 is 0 Å². The van der Waals surface area contributed by atoms with Gasteiger partial charge in [0.05, 0.1) is 5.60 Å². The standard InChI is InChI=1S/C8H17ClO/c1-6(2)7(9)10-8(3,4)5/h6-7H,1-5H3. The fourth-order valence-corrected chi connectivity index (χ4v) is 0.741. The molecule has 1 atom stereocenters. The Bertz CT molecular complexity index is 93.9. The fraction of sp³-hybridized carbons (Fsp3) is 1.00. The van der Waals surface area contributed by atoms with Crippen molar-refractivity contribution in [1.82, 2.24) is 0 Å². The van der Waals surface area contributed by atoms with Gasteiger partial charge in [-0.3, -0.25) is 0 Å². The van der Waals surface area contributed by atoms with Gasteiger partial charge in [0, 0.05) is 0 Å². The second-order valence-corrected chi connectivity index (χ2v) is 4.26. The Morgan fingerprint density at radius 2 is 1.60 bits per heavy atom. The molecule has 0 N–H and O–H groups in total. The molecule has 0 amide bonds. The molecular formula is C8H17ClO. The van der Waals surface area contributed by atoms with Crippen LogP contribution in [-0.4, -0.2) is 11.2 Å². The van der Waals surface area contributed by atoms with E-state index in [0.717, 1.165) is 0 Å². The Morgan fingerprint density at radius 1 is 1.20 bits per heavy atom. The van der Waals surface area contributed by atoms with Gasteiger partial charge in [-0.1, -0.05) is 25.4 Å². The lowest BCUT2D eigenvalue weighted by molar-refractivity contribution is -0.0395. The van der Waals surface area contributed by atoms with Crippen LogP contribution in [0.2, 0.25) is 0 Å². The maximum absolute atomic E-state index is 5.88. The predicted octanol–water partition coefficient (Wildman–Crippen LogP) is 3.02. The van der Waals surface area contributed by atoms with E-state index < -0.39 is 0 Å². The van der Waals surface area contributed by atoms with Gasteiger partial charge >= 0.3 is 0 Å². The summed E-state index contributed by atoms with van der Waals surface area (Å²) in [6, 6.07) is 0. The van der Waals surface area contributed by atoms with E-state index in [-0.39, 0.29) is 11.2 Å². The summed E-state index contributed by atoms with van der Waals surface area (Å²) < 4.78 is 5.46. The molecule has 2 heteroatoms. The maximum Gasteiger partial charge on any atom is 0.134 e. The average molecular weight is 165 g/mol. The zero-order chi connectivity index (χ0) is 8.36. The van der Waals surface area contributed by atoms with Crippen molar-refractivity contribution >= 4 is 11.6 Å². The molecule has 0 bridgehead atoms. The Morgan fingerprint density at radius 3 is 1.70 bits per heavy atom. The third-order valence-electron chi connectivity index (χ3n) is 0.990. The summed E-state index contributed by atoms with van der Waals surface area (Å²) in [5, 5.41) is 0. The van der Waals surface area contributed by atoms with Crippen LogP contribution in [0.25, 0.3) is 0 Å². The Balaban J connectivity index is 3.68. The number of rotatable bonds is 2. The molecule has 0 aliphatic carbocycles. The van der Waals surface area contributed by atoms with E-state index in [4.69, 9.17) is 16.3 Å². The molecular weight excluding hydrogens is 148 g/mol. The molecule has 0 radical (unpaired) electrons. The SMILES string of the molecule is CC(C)C(Cl)OC(C)(C)C. The van der Waals surface area contributed by atoms with Gasteiger partial charge < -0.3 is 4.74 Å². The highest BCUT2D eigenvalue weighted by Gasteiger charge is 2.18. The number of ether oxygens (including phenoxy) is 1. The van der Waals surface area contributed by atoms with Gasteiger partial charge in [0.25, 0.3) is 0 Å². The molecule has 1 unspecified atom stereocenters. The molecule has 0 saturated carbocycles. The summed E-state index contributed by atoms with van der Waals surface area (Å²) in [7, 11) is 0. The van der Waals surface area contributed by atoms with Crippen LogP contribution in [0.5, 0.6) is 0 Å². The van der Waals surface area contributed by atoms with Crippen molar-refractivity contribution in [3.8, 4) is 0 Å². The Kier molecular flexibility index (Phi) is 3.68. The molecule has 0 fully saturated rings. The molecule has 0 saturated heterocycles. The first kappa shape index (κ1) is 10.2. The first-order valence-electron chi connectivity index (χ1n) is 3.65.